The predicted octanol–water partition coefficient (Wildman–Crippen LogP) is 4.22. The molecule has 1 aliphatic heterocycles. The number of nitrogens with zero attached hydrogens (tertiary/aromatic N) is 2. The minimum Gasteiger partial charge on any atom is -0.324 e. The fourth-order valence-electron chi connectivity index (χ4n) is 3.86. The summed E-state index contributed by atoms with van der Waals surface area (Å²) in [6.07, 6.45) is 3.87. The molecule has 144 valence electrons. The zero-order valence-electron chi connectivity index (χ0n) is 16.7. The van der Waals surface area contributed by atoms with Gasteiger partial charge < -0.3 is 5.32 Å². The highest BCUT2D eigenvalue weighted by molar-refractivity contribution is 5.96. The molecule has 27 heavy (non-hydrogen) atoms. The van der Waals surface area contributed by atoms with Crippen LogP contribution in [0.5, 0.6) is 0 Å². The van der Waals surface area contributed by atoms with Gasteiger partial charge in [-0.15, -0.1) is 0 Å². The molecular weight excluding hydrogens is 334 g/mol. The molecule has 1 fully saturated rings. The standard InChI is InChI=1S/C23H31N3O/c1-18-10-9-12-19(16-18)22(25(2)3)23(27)24-21-13-6-5-11-20(21)17-26-14-7-4-8-15-26/h5-6,9-13,16,22H,4,7-8,14-15,17H2,1-3H3,(H,24,27). The van der Waals surface area contributed by atoms with Crippen LogP contribution in [0, 0.1) is 6.92 Å². The molecule has 0 radical (unpaired) electrons. The molecule has 2 aromatic rings. The molecular formula is C23H31N3O. The van der Waals surface area contributed by atoms with E-state index in [1.54, 1.807) is 0 Å². The molecule has 2 aromatic carbocycles. The van der Waals surface area contributed by atoms with E-state index in [0.29, 0.717) is 0 Å². The Morgan fingerprint density at radius 1 is 1.07 bits per heavy atom. The van der Waals surface area contributed by atoms with E-state index < -0.39 is 0 Å². The largest absolute Gasteiger partial charge is 0.324 e. The first-order chi connectivity index (χ1) is 13.0. The summed E-state index contributed by atoms with van der Waals surface area (Å²) in [5.41, 5.74) is 4.30. The molecule has 0 aliphatic carbocycles. The Kier molecular flexibility index (Phi) is 6.64. The minimum absolute atomic E-state index is 0.0108. The summed E-state index contributed by atoms with van der Waals surface area (Å²) in [5, 5.41) is 3.19. The average Bonchev–Trinajstić information content (AvgIpc) is 2.64. The third-order valence-electron chi connectivity index (χ3n) is 5.24. The van der Waals surface area contributed by atoms with Crippen molar-refractivity contribution in [3.05, 3.63) is 65.2 Å². The van der Waals surface area contributed by atoms with Crippen molar-refractivity contribution in [2.45, 2.75) is 38.8 Å². The lowest BCUT2D eigenvalue weighted by molar-refractivity contribution is -0.120. The molecule has 1 N–H and O–H groups in total. The Labute approximate surface area is 163 Å². The molecule has 1 unspecified atom stereocenters. The van der Waals surface area contributed by atoms with Gasteiger partial charge in [-0.05, 0) is 64.1 Å². The van der Waals surface area contributed by atoms with Gasteiger partial charge in [0.25, 0.3) is 0 Å². The van der Waals surface area contributed by atoms with Gasteiger partial charge >= 0.3 is 0 Å². The van der Waals surface area contributed by atoms with E-state index in [1.807, 2.05) is 43.3 Å². The quantitative estimate of drug-likeness (QED) is 0.832. The highest BCUT2D eigenvalue weighted by atomic mass is 16.2. The SMILES string of the molecule is Cc1cccc(C(C(=O)Nc2ccccc2CN2CCCCC2)N(C)C)c1. The number of likely N-dealkylation sites (N-methyl/N-ethyl adjacent to an activating group) is 1. The first-order valence-corrected chi connectivity index (χ1v) is 9.89. The number of para-hydroxylation sites is 1. The second kappa shape index (κ2) is 9.16. The monoisotopic (exact) mass is 365 g/mol. The summed E-state index contributed by atoms with van der Waals surface area (Å²) in [4.78, 5) is 17.6. The van der Waals surface area contributed by atoms with Crippen LogP contribution < -0.4 is 5.32 Å². The Morgan fingerprint density at radius 2 is 1.81 bits per heavy atom. The van der Waals surface area contributed by atoms with Crippen molar-refractivity contribution in [3.63, 3.8) is 0 Å². The van der Waals surface area contributed by atoms with Gasteiger partial charge in [0, 0.05) is 12.2 Å². The number of hydrogen-bond acceptors (Lipinski definition) is 3. The van der Waals surface area contributed by atoms with Crippen LogP contribution >= 0.6 is 0 Å². The molecule has 1 saturated heterocycles. The normalized spacial score (nSPS) is 16.3. The maximum Gasteiger partial charge on any atom is 0.246 e. The van der Waals surface area contributed by atoms with Crippen LogP contribution in [-0.2, 0) is 11.3 Å². The zero-order chi connectivity index (χ0) is 19.2. The number of benzene rings is 2. The number of carbonyl (C=O) groups excluding carboxylic acids is 1. The third-order valence-corrected chi connectivity index (χ3v) is 5.24. The van der Waals surface area contributed by atoms with E-state index in [2.05, 4.69) is 41.4 Å². The number of hydrogen-bond donors (Lipinski definition) is 1. The second-order valence-electron chi connectivity index (χ2n) is 7.76. The smallest absolute Gasteiger partial charge is 0.246 e. The number of carbonyl (C=O) groups is 1. The number of aryl methyl sites for hydroxylation is 1. The predicted molar refractivity (Wildman–Crippen MR) is 112 cm³/mol. The maximum absolute atomic E-state index is 13.1. The molecule has 1 atom stereocenters. The molecule has 4 nitrogen and oxygen atoms in total. The zero-order valence-corrected chi connectivity index (χ0v) is 16.7. The van der Waals surface area contributed by atoms with Crippen LogP contribution in [0.15, 0.2) is 48.5 Å². The molecule has 0 saturated carbocycles. The summed E-state index contributed by atoms with van der Waals surface area (Å²) in [6, 6.07) is 16.1. The van der Waals surface area contributed by atoms with Crippen LogP contribution in [-0.4, -0.2) is 42.9 Å². The van der Waals surface area contributed by atoms with Crippen LogP contribution in [0.2, 0.25) is 0 Å². The molecule has 0 spiro atoms. The van der Waals surface area contributed by atoms with E-state index in [9.17, 15) is 4.79 Å². The van der Waals surface area contributed by atoms with Crippen molar-refractivity contribution in [3.8, 4) is 0 Å². The van der Waals surface area contributed by atoms with Gasteiger partial charge in [0.05, 0.1) is 0 Å². The third kappa shape index (κ3) is 5.18. The Hall–Kier alpha value is -2.17. The Balaban J connectivity index is 1.77. The fourth-order valence-corrected chi connectivity index (χ4v) is 3.86. The van der Waals surface area contributed by atoms with Gasteiger partial charge in [-0.3, -0.25) is 14.6 Å². The van der Waals surface area contributed by atoms with E-state index in [0.717, 1.165) is 36.4 Å². The van der Waals surface area contributed by atoms with Gasteiger partial charge in [0.2, 0.25) is 5.91 Å². The first kappa shape index (κ1) is 19.6. The summed E-state index contributed by atoms with van der Waals surface area (Å²) >= 11 is 0. The summed E-state index contributed by atoms with van der Waals surface area (Å²) < 4.78 is 0. The lowest BCUT2D eigenvalue weighted by Crippen LogP contribution is -2.33. The lowest BCUT2D eigenvalue weighted by Gasteiger charge is -2.28. The Bertz CT molecular complexity index is 766. The molecule has 4 heteroatoms. The van der Waals surface area contributed by atoms with Crippen molar-refractivity contribution >= 4 is 11.6 Å². The summed E-state index contributed by atoms with van der Waals surface area (Å²) in [5.74, 6) is 0.0108. The van der Waals surface area contributed by atoms with E-state index >= 15 is 0 Å². The van der Waals surface area contributed by atoms with Crippen molar-refractivity contribution in [2.75, 3.05) is 32.5 Å². The van der Waals surface area contributed by atoms with E-state index in [4.69, 9.17) is 0 Å². The molecule has 1 aliphatic rings. The second-order valence-corrected chi connectivity index (χ2v) is 7.76. The number of amides is 1. The van der Waals surface area contributed by atoms with Gasteiger partial charge in [0.1, 0.15) is 6.04 Å². The van der Waals surface area contributed by atoms with E-state index in [-0.39, 0.29) is 11.9 Å². The number of piperidine rings is 1. The molecule has 0 bridgehead atoms. The number of anilines is 1. The lowest BCUT2D eigenvalue weighted by atomic mass is 10.0. The minimum atomic E-state index is -0.312. The maximum atomic E-state index is 13.1. The van der Waals surface area contributed by atoms with Crippen LogP contribution in [0.1, 0.15) is 42.0 Å². The van der Waals surface area contributed by atoms with Gasteiger partial charge in [-0.1, -0.05) is 54.4 Å². The van der Waals surface area contributed by atoms with Gasteiger partial charge in [-0.2, -0.15) is 0 Å². The van der Waals surface area contributed by atoms with Crippen molar-refractivity contribution < 1.29 is 4.79 Å². The molecule has 3 rings (SSSR count). The number of rotatable bonds is 6. The topological polar surface area (TPSA) is 35.6 Å². The molecule has 1 heterocycles. The van der Waals surface area contributed by atoms with Crippen LogP contribution in [0.3, 0.4) is 0 Å². The highest BCUT2D eigenvalue weighted by Gasteiger charge is 2.24. The van der Waals surface area contributed by atoms with Crippen molar-refractivity contribution in [2.24, 2.45) is 0 Å². The molecule has 0 aromatic heterocycles. The Morgan fingerprint density at radius 3 is 2.52 bits per heavy atom. The summed E-state index contributed by atoms with van der Waals surface area (Å²) in [6.45, 7) is 5.24. The highest BCUT2D eigenvalue weighted by Crippen LogP contribution is 2.24. The number of likely N-dealkylation sites (tertiary alicyclic amines) is 1. The van der Waals surface area contributed by atoms with Gasteiger partial charge in [0.15, 0.2) is 0 Å². The van der Waals surface area contributed by atoms with Crippen molar-refractivity contribution in [1.29, 1.82) is 0 Å². The fraction of sp³-hybridized carbons (Fsp3) is 0.435. The summed E-state index contributed by atoms with van der Waals surface area (Å²) in [7, 11) is 3.90. The number of nitrogens with one attached hydrogen (secondary N) is 1. The average molecular weight is 366 g/mol. The van der Waals surface area contributed by atoms with Gasteiger partial charge in [-0.25, -0.2) is 0 Å². The van der Waals surface area contributed by atoms with Crippen LogP contribution in [0.25, 0.3) is 0 Å². The molecule has 1 amide bonds. The van der Waals surface area contributed by atoms with E-state index in [1.165, 1.54) is 24.8 Å². The first-order valence-electron chi connectivity index (χ1n) is 9.89. The van der Waals surface area contributed by atoms with Crippen LogP contribution in [0.4, 0.5) is 5.69 Å². The van der Waals surface area contributed by atoms with Crippen molar-refractivity contribution in [1.82, 2.24) is 9.80 Å².